The van der Waals surface area contributed by atoms with Gasteiger partial charge in [-0.1, -0.05) is 77.9 Å². The van der Waals surface area contributed by atoms with Crippen LogP contribution in [0, 0.1) is 16.9 Å². The van der Waals surface area contributed by atoms with Crippen LogP contribution in [-0.2, 0) is 24.9 Å². The number of hydrogen-bond donors (Lipinski definition) is 1. The zero-order valence-corrected chi connectivity index (χ0v) is 23.1. The van der Waals surface area contributed by atoms with E-state index in [4.69, 9.17) is 0 Å². The van der Waals surface area contributed by atoms with Crippen molar-refractivity contribution in [1.82, 2.24) is 4.98 Å². The summed E-state index contributed by atoms with van der Waals surface area (Å²) in [5.74, 6) is 0.104. The number of fused-ring (bicyclic) bond motifs is 2. The Bertz CT molecular complexity index is 1240. The molecule has 2 aromatic carbocycles. The molecule has 0 aliphatic heterocycles. The molecule has 1 N–H and O–H groups in total. The Balaban J connectivity index is 0.000000246. The van der Waals surface area contributed by atoms with Gasteiger partial charge in [0.2, 0.25) is 0 Å². The van der Waals surface area contributed by atoms with Crippen LogP contribution in [0.1, 0.15) is 41.5 Å². The van der Waals surface area contributed by atoms with Crippen molar-refractivity contribution >= 4 is 38.0 Å². The van der Waals surface area contributed by atoms with E-state index in [1.807, 2.05) is 59.9 Å². The number of benzene rings is 2. The van der Waals surface area contributed by atoms with E-state index in [0.717, 1.165) is 16.0 Å². The quantitative estimate of drug-likeness (QED) is 0.138. The molecule has 1 radical (unpaired) electrons. The van der Waals surface area contributed by atoms with Gasteiger partial charge in [-0.3, -0.25) is 4.79 Å². The fraction of sp³-hybridized carbons (Fsp3) is 0.286. The number of rotatable bonds is 2. The van der Waals surface area contributed by atoms with E-state index < -0.39 is 5.41 Å². The van der Waals surface area contributed by atoms with E-state index in [1.165, 1.54) is 21.5 Å². The third-order valence-corrected chi connectivity index (χ3v) is 6.09. The molecule has 0 saturated heterocycles. The van der Waals surface area contributed by atoms with Crippen molar-refractivity contribution in [2.24, 2.45) is 10.8 Å². The number of pyridine rings is 1. The minimum Gasteiger partial charge on any atom is -0.512 e. The average molecular weight is 637 g/mol. The predicted octanol–water partition coefficient (Wildman–Crippen LogP) is 8.00. The van der Waals surface area contributed by atoms with Crippen LogP contribution < -0.4 is 0 Å². The molecule has 4 rings (SSSR count). The normalized spacial score (nSPS) is 12.1. The molecule has 4 aromatic rings. The number of carbonyl (C=O) groups excluding carboxylic acids is 1. The Morgan fingerprint density at radius 3 is 2.21 bits per heavy atom. The van der Waals surface area contributed by atoms with E-state index in [-0.39, 0.29) is 37.1 Å². The summed E-state index contributed by atoms with van der Waals surface area (Å²) in [5, 5.41) is 13.1. The number of aliphatic hydroxyl groups is 1. The number of aliphatic hydroxyl groups excluding tert-OH is 1. The summed E-state index contributed by atoms with van der Waals surface area (Å²) >= 11 is 1.75. The van der Waals surface area contributed by atoms with Crippen molar-refractivity contribution < 1.29 is 30.0 Å². The minimum atomic E-state index is -0.417. The Kier molecular flexibility index (Phi) is 8.75. The number of carbonyl (C=O) groups is 1. The first kappa shape index (κ1) is 26.9. The molecule has 0 bridgehead atoms. The topological polar surface area (TPSA) is 50.2 Å². The zero-order valence-electron chi connectivity index (χ0n) is 19.9. The summed E-state index contributed by atoms with van der Waals surface area (Å²) in [5.41, 5.74) is 0.263. The van der Waals surface area contributed by atoms with E-state index in [1.54, 1.807) is 11.3 Å². The molecule has 3 nitrogen and oxygen atoms in total. The molecule has 0 fully saturated rings. The van der Waals surface area contributed by atoms with Crippen LogP contribution in [0.2, 0.25) is 0 Å². The Morgan fingerprint density at radius 2 is 1.58 bits per heavy atom. The van der Waals surface area contributed by atoms with Crippen LogP contribution >= 0.6 is 11.3 Å². The van der Waals surface area contributed by atoms with Crippen LogP contribution in [0.4, 0.5) is 0 Å². The van der Waals surface area contributed by atoms with Gasteiger partial charge in [-0.25, -0.2) is 11.3 Å². The maximum atomic E-state index is 11.5. The molecule has 175 valence electrons. The number of aromatic nitrogens is 1. The summed E-state index contributed by atoms with van der Waals surface area (Å²) in [6, 6.07) is 22.2. The standard InChI is InChI=1S/C17H10NS.C11H20O2.Ir/c1-3-7-14-12(5-1)9-10-18-17(14)16-11-13-6-2-4-8-15(13)19-16;1-10(2,3)8(12)7-9(13)11(4,5)6;/h1-10H;7,12H,1-6H3;/q-1;;/b;8-7-;. The Hall–Kier alpha value is -2.33. The SMILES string of the molecule is CC(C)(C)C(=O)/C=C(\O)C(C)(C)C.[Ir].[c-]1c(-c2nccc3ccccc23)sc2ccccc12. The largest absolute Gasteiger partial charge is 0.512 e. The van der Waals surface area contributed by atoms with Crippen molar-refractivity contribution in [3.05, 3.63) is 78.7 Å². The van der Waals surface area contributed by atoms with Gasteiger partial charge in [0.05, 0.1) is 0 Å². The molecular formula is C28H30IrNO2S-. The fourth-order valence-electron chi connectivity index (χ4n) is 2.88. The number of ketones is 1. The fourth-order valence-corrected chi connectivity index (χ4v) is 3.90. The Labute approximate surface area is 213 Å². The maximum absolute atomic E-state index is 11.5. The zero-order chi connectivity index (χ0) is 23.5. The van der Waals surface area contributed by atoms with Gasteiger partial charge < -0.3 is 10.1 Å². The number of nitrogens with zero attached hydrogens (tertiary/aromatic N) is 1. The van der Waals surface area contributed by atoms with Crippen LogP contribution in [0.3, 0.4) is 0 Å². The van der Waals surface area contributed by atoms with Crippen molar-refractivity contribution in [1.29, 1.82) is 0 Å². The van der Waals surface area contributed by atoms with Crippen molar-refractivity contribution in [3.63, 3.8) is 0 Å². The van der Waals surface area contributed by atoms with Crippen LogP contribution in [0.25, 0.3) is 31.4 Å². The minimum absolute atomic E-state index is 0. The van der Waals surface area contributed by atoms with Gasteiger partial charge >= 0.3 is 0 Å². The molecule has 0 amide bonds. The molecule has 0 spiro atoms. The van der Waals surface area contributed by atoms with E-state index in [2.05, 4.69) is 53.5 Å². The van der Waals surface area contributed by atoms with Crippen molar-refractivity contribution in [3.8, 4) is 10.6 Å². The average Bonchev–Trinajstić information content (AvgIpc) is 3.16. The predicted molar refractivity (Wildman–Crippen MR) is 136 cm³/mol. The monoisotopic (exact) mass is 637 g/mol. The first-order valence-electron chi connectivity index (χ1n) is 10.7. The van der Waals surface area contributed by atoms with Crippen LogP contribution in [0.15, 0.2) is 72.6 Å². The number of thiophene rings is 1. The summed E-state index contributed by atoms with van der Waals surface area (Å²) in [4.78, 5) is 17.1. The second kappa shape index (κ2) is 10.7. The van der Waals surface area contributed by atoms with Gasteiger partial charge in [-0.15, -0.1) is 23.6 Å². The van der Waals surface area contributed by atoms with Gasteiger partial charge in [0.1, 0.15) is 5.76 Å². The smallest absolute Gasteiger partial charge is 0.164 e. The first-order valence-corrected chi connectivity index (χ1v) is 11.5. The third kappa shape index (κ3) is 6.83. The second-order valence-corrected chi connectivity index (χ2v) is 10.9. The van der Waals surface area contributed by atoms with Gasteiger partial charge in [-0.2, -0.15) is 0 Å². The van der Waals surface area contributed by atoms with Gasteiger partial charge in [0, 0.05) is 48.9 Å². The molecule has 0 unspecified atom stereocenters. The maximum Gasteiger partial charge on any atom is 0.164 e. The van der Waals surface area contributed by atoms with E-state index >= 15 is 0 Å². The van der Waals surface area contributed by atoms with Crippen molar-refractivity contribution in [2.45, 2.75) is 41.5 Å². The molecule has 2 heterocycles. The van der Waals surface area contributed by atoms with Gasteiger partial charge in [0.15, 0.2) is 5.78 Å². The van der Waals surface area contributed by atoms with Crippen LogP contribution in [0.5, 0.6) is 0 Å². The van der Waals surface area contributed by atoms with Crippen molar-refractivity contribution in [2.75, 3.05) is 0 Å². The molecule has 33 heavy (non-hydrogen) atoms. The second-order valence-electron chi connectivity index (χ2n) is 9.83. The Morgan fingerprint density at radius 1 is 0.939 bits per heavy atom. The molecule has 2 aromatic heterocycles. The molecule has 0 saturated carbocycles. The summed E-state index contributed by atoms with van der Waals surface area (Å²) < 4.78 is 1.26. The third-order valence-electron chi connectivity index (χ3n) is 5.01. The summed E-state index contributed by atoms with van der Waals surface area (Å²) in [7, 11) is 0. The molecule has 0 aliphatic rings. The first-order chi connectivity index (χ1) is 15.0. The van der Waals surface area contributed by atoms with E-state index in [0.29, 0.717) is 0 Å². The van der Waals surface area contributed by atoms with Gasteiger partial charge in [-0.05, 0) is 26.4 Å². The molecule has 0 atom stereocenters. The number of allylic oxidation sites excluding steroid dienone is 2. The summed E-state index contributed by atoms with van der Waals surface area (Å²) in [6.45, 7) is 11.1. The number of hydrogen-bond acceptors (Lipinski definition) is 4. The molecular weight excluding hydrogens is 607 g/mol. The summed E-state index contributed by atoms with van der Waals surface area (Å²) in [6.07, 6.45) is 3.20. The van der Waals surface area contributed by atoms with E-state index in [9.17, 15) is 9.90 Å². The van der Waals surface area contributed by atoms with Gasteiger partial charge in [0.25, 0.3) is 0 Å². The molecule has 5 heteroatoms. The molecule has 0 aliphatic carbocycles. The van der Waals surface area contributed by atoms with Crippen LogP contribution in [-0.4, -0.2) is 15.9 Å².